The Morgan fingerprint density at radius 3 is 2.81 bits per heavy atom. The summed E-state index contributed by atoms with van der Waals surface area (Å²) in [7, 11) is 1.29. The Labute approximate surface area is 165 Å². The highest BCUT2D eigenvalue weighted by Crippen LogP contribution is 2.77. The maximum Gasteiger partial charge on any atom is 0.316 e. The molecule has 8 atom stereocenters. The highest BCUT2D eigenvalue weighted by molar-refractivity contribution is 9.10. The van der Waals surface area contributed by atoms with Crippen LogP contribution in [0.2, 0.25) is 0 Å². The predicted molar refractivity (Wildman–Crippen MR) is 96.7 cm³/mol. The van der Waals surface area contributed by atoms with Crippen LogP contribution in [0.15, 0.2) is 24.3 Å². The fraction of sp³-hybridized carbons (Fsp3) is 0.650. The van der Waals surface area contributed by atoms with E-state index in [4.69, 9.17) is 9.47 Å². The van der Waals surface area contributed by atoms with Crippen molar-refractivity contribution in [3.8, 4) is 0 Å². The second-order valence-corrected chi connectivity index (χ2v) is 10.4. The summed E-state index contributed by atoms with van der Waals surface area (Å²) in [5.74, 6) is -3.06. The fourth-order valence-electron chi connectivity index (χ4n) is 6.98. The average molecular weight is 437 g/mol. The van der Waals surface area contributed by atoms with Gasteiger partial charge in [-0.05, 0) is 32.3 Å². The summed E-state index contributed by atoms with van der Waals surface area (Å²) in [4.78, 5) is 39.4. The quantitative estimate of drug-likeness (QED) is 0.291. The van der Waals surface area contributed by atoms with E-state index >= 15 is 0 Å². The van der Waals surface area contributed by atoms with E-state index in [0.717, 1.165) is 0 Å². The Kier molecular flexibility index (Phi) is 3.09. The largest absolute Gasteiger partial charge is 0.469 e. The number of Topliss-reactive ketones (excluding diaryl/α,β-unsaturated/α-hetero) is 1. The summed E-state index contributed by atoms with van der Waals surface area (Å²) < 4.78 is 10.5. The van der Waals surface area contributed by atoms with Crippen LogP contribution in [0.5, 0.6) is 0 Å². The second-order valence-electron chi connectivity index (χ2n) is 8.89. The van der Waals surface area contributed by atoms with E-state index in [9.17, 15) is 19.5 Å². The standard InChI is InChI=1S/C20H21BrO6/c1-9-14(23)19-8-18(9,21)6-4-10(19)20-7-5-11(22)17(2,16(25)27-20)13(20)12(19)15(24)26-3/h5,7,10-13,22H,1,4,6,8H2,2-3H3/t10-,11+,12-,13-,17+,18+,19-,20-/m1/s1. The zero-order chi connectivity index (χ0) is 19.6. The van der Waals surface area contributed by atoms with Gasteiger partial charge >= 0.3 is 11.9 Å². The third kappa shape index (κ3) is 1.55. The Hall–Kier alpha value is -1.47. The number of fused-ring (bicyclic) bond motifs is 1. The van der Waals surface area contributed by atoms with Gasteiger partial charge in [-0.25, -0.2) is 0 Å². The van der Waals surface area contributed by atoms with E-state index in [2.05, 4.69) is 22.5 Å². The van der Waals surface area contributed by atoms with Crippen LogP contribution < -0.4 is 0 Å². The molecule has 0 aromatic rings. The molecule has 1 spiro atoms. The lowest BCUT2D eigenvalue weighted by molar-refractivity contribution is -0.165. The van der Waals surface area contributed by atoms with Crippen LogP contribution in [0.4, 0.5) is 0 Å². The summed E-state index contributed by atoms with van der Waals surface area (Å²) in [5.41, 5.74) is -2.92. The molecular weight excluding hydrogens is 416 g/mol. The minimum atomic E-state index is -1.29. The highest BCUT2D eigenvalue weighted by Gasteiger charge is 2.85. The first-order chi connectivity index (χ1) is 12.6. The van der Waals surface area contributed by atoms with Crippen LogP contribution >= 0.6 is 15.9 Å². The van der Waals surface area contributed by atoms with Crippen LogP contribution in [-0.2, 0) is 23.9 Å². The molecule has 0 radical (unpaired) electrons. The normalized spacial score (nSPS) is 54.6. The topological polar surface area (TPSA) is 89.9 Å². The molecule has 0 aromatic heterocycles. The predicted octanol–water partition coefficient (Wildman–Crippen LogP) is 1.70. The van der Waals surface area contributed by atoms with Crippen molar-refractivity contribution in [1.82, 2.24) is 0 Å². The zero-order valence-corrected chi connectivity index (χ0v) is 16.7. The maximum atomic E-state index is 13.5. The third-order valence-corrected chi connectivity index (χ3v) is 9.30. The lowest BCUT2D eigenvalue weighted by atomic mass is 9.61. The number of carbonyl (C=O) groups is 3. The van der Waals surface area contributed by atoms with Crippen LogP contribution in [0, 0.1) is 28.6 Å². The molecule has 0 aromatic carbocycles. The van der Waals surface area contributed by atoms with E-state index in [1.54, 1.807) is 19.1 Å². The summed E-state index contributed by atoms with van der Waals surface area (Å²) >= 11 is 3.71. The number of hydrogen-bond acceptors (Lipinski definition) is 6. The molecule has 0 unspecified atom stereocenters. The number of alkyl halides is 1. The van der Waals surface area contributed by atoms with Crippen molar-refractivity contribution < 1.29 is 29.0 Å². The molecule has 4 aliphatic carbocycles. The second kappa shape index (κ2) is 4.74. The van der Waals surface area contributed by atoms with Gasteiger partial charge in [-0.3, -0.25) is 14.4 Å². The number of methoxy groups -OCH3 is 1. The Balaban J connectivity index is 1.82. The molecule has 1 saturated heterocycles. The Morgan fingerprint density at radius 2 is 2.15 bits per heavy atom. The first kappa shape index (κ1) is 17.6. The molecule has 7 heteroatoms. The van der Waals surface area contributed by atoms with E-state index < -0.39 is 50.6 Å². The molecule has 3 saturated carbocycles. The molecule has 1 aliphatic heterocycles. The molecule has 27 heavy (non-hydrogen) atoms. The number of aliphatic hydroxyl groups excluding tert-OH is 1. The van der Waals surface area contributed by atoms with Crippen molar-refractivity contribution in [2.45, 2.75) is 42.2 Å². The van der Waals surface area contributed by atoms with Crippen LogP contribution in [0.25, 0.3) is 0 Å². The molecule has 144 valence electrons. The van der Waals surface area contributed by atoms with Crippen molar-refractivity contribution in [3.63, 3.8) is 0 Å². The highest BCUT2D eigenvalue weighted by atomic mass is 79.9. The van der Waals surface area contributed by atoms with Gasteiger partial charge < -0.3 is 14.6 Å². The first-order valence-corrected chi connectivity index (χ1v) is 10.0. The molecule has 1 heterocycles. The minimum absolute atomic E-state index is 0.144. The third-order valence-electron chi connectivity index (χ3n) is 8.14. The molecule has 4 fully saturated rings. The van der Waals surface area contributed by atoms with Crippen molar-refractivity contribution in [2.75, 3.05) is 7.11 Å². The van der Waals surface area contributed by atoms with Gasteiger partial charge in [0.1, 0.15) is 11.0 Å². The van der Waals surface area contributed by atoms with Gasteiger partial charge in [-0.1, -0.05) is 28.6 Å². The zero-order valence-electron chi connectivity index (χ0n) is 15.2. The average Bonchev–Trinajstić information content (AvgIpc) is 3.04. The molecule has 6 nitrogen and oxygen atoms in total. The van der Waals surface area contributed by atoms with Crippen molar-refractivity contribution in [3.05, 3.63) is 24.3 Å². The van der Waals surface area contributed by atoms with Gasteiger partial charge in [0.25, 0.3) is 0 Å². The number of aliphatic hydroxyl groups is 1. The number of esters is 2. The number of ether oxygens (including phenoxy) is 2. The number of ketones is 1. The van der Waals surface area contributed by atoms with Gasteiger partial charge in [-0.2, -0.15) is 0 Å². The van der Waals surface area contributed by atoms with Crippen LogP contribution in [-0.4, -0.2) is 46.0 Å². The summed E-state index contributed by atoms with van der Waals surface area (Å²) in [6, 6.07) is 0. The van der Waals surface area contributed by atoms with Crippen molar-refractivity contribution in [2.24, 2.45) is 28.6 Å². The molecule has 0 amide bonds. The minimum Gasteiger partial charge on any atom is -0.469 e. The number of carbonyl (C=O) groups excluding carboxylic acids is 3. The van der Waals surface area contributed by atoms with Gasteiger partial charge in [0.2, 0.25) is 0 Å². The summed E-state index contributed by atoms with van der Waals surface area (Å²) in [6.45, 7) is 5.66. The van der Waals surface area contributed by atoms with E-state index in [1.165, 1.54) is 7.11 Å². The molecule has 5 rings (SSSR count). The van der Waals surface area contributed by atoms with Gasteiger partial charge in [-0.15, -0.1) is 0 Å². The number of rotatable bonds is 1. The Bertz CT molecular complexity index is 865. The van der Waals surface area contributed by atoms with E-state index in [-0.39, 0.29) is 11.7 Å². The lowest BCUT2D eigenvalue weighted by Crippen LogP contribution is -2.51. The van der Waals surface area contributed by atoms with E-state index in [1.807, 2.05) is 0 Å². The smallest absolute Gasteiger partial charge is 0.316 e. The molecule has 5 aliphatic rings. The molecular formula is C20H21BrO6. The first-order valence-electron chi connectivity index (χ1n) is 9.21. The monoisotopic (exact) mass is 436 g/mol. The summed E-state index contributed by atoms with van der Waals surface area (Å²) in [5, 5.41) is 10.7. The number of halogens is 1. The maximum absolute atomic E-state index is 13.5. The molecule has 1 N–H and O–H groups in total. The van der Waals surface area contributed by atoms with Gasteiger partial charge in [0.05, 0.1) is 28.9 Å². The van der Waals surface area contributed by atoms with Crippen LogP contribution in [0.1, 0.15) is 26.2 Å². The van der Waals surface area contributed by atoms with Crippen LogP contribution in [0.3, 0.4) is 0 Å². The van der Waals surface area contributed by atoms with Crippen molar-refractivity contribution >= 4 is 33.7 Å². The van der Waals surface area contributed by atoms with Gasteiger partial charge in [0.15, 0.2) is 5.78 Å². The van der Waals surface area contributed by atoms with Crippen molar-refractivity contribution in [1.29, 1.82) is 0 Å². The van der Waals surface area contributed by atoms with Gasteiger partial charge in [0, 0.05) is 17.4 Å². The summed E-state index contributed by atoms with van der Waals surface area (Å²) in [6.07, 6.45) is 3.94. The lowest BCUT2D eigenvalue weighted by Gasteiger charge is -2.43. The number of allylic oxidation sites excluding steroid dienone is 1. The fourth-order valence-corrected chi connectivity index (χ4v) is 7.85. The number of hydrogen-bond donors (Lipinski definition) is 1. The molecule has 4 bridgehead atoms. The Morgan fingerprint density at radius 1 is 1.44 bits per heavy atom. The van der Waals surface area contributed by atoms with E-state index in [0.29, 0.717) is 24.8 Å². The SMILES string of the molecule is C=C1C(=O)[C@]23C[C@@]1(Br)CC[C@H]2[C@@]12C=C[C@H](O)[C@](C)(C(=O)O1)[C@H]2[C@@H]3C(=O)OC.